The Balaban J connectivity index is 1.20. The van der Waals surface area contributed by atoms with Crippen molar-refractivity contribution in [2.75, 3.05) is 6.61 Å². The van der Waals surface area contributed by atoms with Crippen LogP contribution < -0.4 is 4.74 Å². The molecule has 2 aliphatic rings. The maximum Gasteiger partial charge on any atom is 0.201 e. The van der Waals surface area contributed by atoms with Gasteiger partial charge in [0, 0.05) is 5.56 Å². The Morgan fingerprint density at radius 3 is 1.95 bits per heavy atom. The Morgan fingerprint density at radius 2 is 1.32 bits per heavy atom. The van der Waals surface area contributed by atoms with E-state index in [1.165, 1.54) is 63.2 Å². The molecular formula is C37H41F3O. The van der Waals surface area contributed by atoms with Gasteiger partial charge in [0.1, 0.15) is 12.4 Å². The molecule has 4 heteroatoms. The molecule has 2 aliphatic carbocycles. The van der Waals surface area contributed by atoms with E-state index in [9.17, 15) is 8.78 Å². The second-order valence-electron chi connectivity index (χ2n) is 11.9. The van der Waals surface area contributed by atoms with Crippen LogP contribution in [0, 0.1) is 35.2 Å². The molecular weight excluding hydrogens is 517 g/mol. The van der Waals surface area contributed by atoms with Gasteiger partial charge in [0.15, 0.2) is 11.6 Å². The zero-order chi connectivity index (χ0) is 28.8. The van der Waals surface area contributed by atoms with Gasteiger partial charge in [0.2, 0.25) is 5.82 Å². The van der Waals surface area contributed by atoms with Crippen LogP contribution in [-0.2, 0) is 0 Å². The fourth-order valence-electron chi connectivity index (χ4n) is 7.10. The van der Waals surface area contributed by atoms with Crippen molar-refractivity contribution in [2.24, 2.45) is 17.8 Å². The summed E-state index contributed by atoms with van der Waals surface area (Å²) in [6.07, 6.45) is 15.9. The SMILES string of the molecule is C=CCCC1CCC(C2CCC(c3ccc(-c4ccc(-c5ccc(OCC=C)c(F)c5F)cc4)cc3F)CC2)CC1. The normalized spacial score (nSPS) is 22.7. The van der Waals surface area contributed by atoms with Gasteiger partial charge in [-0.05, 0) is 115 Å². The van der Waals surface area contributed by atoms with E-state index in [4.69, 9.17) is 4.74 Å². The standard InChI is InChI=1S/C37H41F3O/c1-3-5-6-25-7-9-26(10-8-25)27-11-15-29(16-12-27)32-20-19-31(24-34(32)38)28-13-17-30(18-14-28)33-21-22-35(41-23-4-2)37(40)36(33)39/h3-4,13-14,17-22,24-27,29H,1-2,5-12,15-16,23H2. The summed E-state index contributed by atoms with van der Waals surface area (Å²) in [7, 11) is 0. The molecule has 41 heavy (non-hydrogen) atoms. The molecule has 0 heterocycles. The van der Waals surface area contributed by atoms with Gasteiger partial charge in [-0.1, -0.05) is 68.0 Å². The molecule has 0 amide bonds. The van der Waals surface area contributed by atoms with Gasteiger partial charge in [-0.25, -0.2) is 8.78 Å². The van der Waals surface area contributed by atoms with Crippen LogP contribution in [0.3, 0.4) is 0 Å². The minimum atomic E-state index is -1.02. The minimum Gasteiger partial charge on any atom is -0.486 e. The third-order valence-corrected chi connectivity index (χ3v) is 9.48. The zero-order valence-electron chi connectivity index (χ0n) is 23.9. The van der Waals surface area contributed by atoms with E-state index >= 15 is 4.39 Å². The van der Waals surface area contributed by atoms with Crippen LogP contribution in [0.25, 0.3) is 22.3 Å². The summed E-state index contributed by atoms with van der Waals surface area (Å²) in [4.78, 5) is 0. The van der Waals surface area contributed by atoms with Gasteiger partial charge < -0.3 is 4.74 Å². The monoisotopic (exact) mass is 558 g/mol. The van der Waals surface area contributed by atoms with Crippen molar-refractivity contribution >= 4 is 0 Å². The number of ether oxygens (including phenoxy) is 1. The quantitative estimate of drug-likeness (QED) is 0.225. The Labute approximate surface area is 243 Å². The molecule has 0 atom stereocenters. The van der Waals surface area contributed by atoms with Crippen LogP contribution in [0.2, 0.25) is 0 Å². The number of rotatable bonds is 10. The number of hydrogen-bond donors (Lipinski definition) is 0. The lowest BCUT2D eigenvalue weighted by atomic mass is 9.68. The van der Waals surface area contributed by atoms with E-state index in [0.717, 1.165) is 53.7 Å². The summed E-state index contributed by atoms with van der Waals surface area (Å²) in [6.45, 7) is 7.48. The first-order valence-corrected chi connectivity index (χ1v) is 15.2. The molecule has 0 N–H and O–H groups in total. The Bertz CT molecular complexity index is 1330. The van der Waals surface area contributed by atoms with Crippen LogP contribution in [0.4, 0.5) is 13.2 Å². The maximum absolute atomic E-state index is 15.4. The smallest absolute Gasteiger partial charge is 0.201 e. The lowest BCUT2D eigenvalue weighted by molar-refractivity contribution is 0.156. The molecule has 3 aromatic carbocycles. The highest BCUT2D eigenvalue weighted by Gasteiger charge is 2.32. The van der Waals surface area contributed by atoms with Crippen molar-refractivity contribution < 1.29 is 17.9 Å². The van der Waals surface area contributed by atoms with E-state index in [-0.39, 0.29) is 29.7 Å². The summed E-state index contributed by atoms with van der Waals surface area (Å²) in [6, 6.07) is 15.6. The average Bonchev–Trinajstić information content (AvgIpc) is 3.01. The zero-order valence-corrected chi connectivity index (χ0v) is 23.9. The largest absolute Gasteiger partial charge is 0.486 e. The van der Waals surface area contributed by atoms with Gasteiger partial charge in [-0.15, -0.1) is 6.58 Å². The van der Waals surface area contributed by atoms with Gasteiger partial charge in [0.05, 0.1) is 0 Å². The summed E-state index contributed by atoms with van der Waals surface area (Å²) in [5.74, 6) is 0.522. The highest BCUT2D eigenvalue weighted by atomic mass is 19.2. The average molecular weight is 559 g/mol. The molecule has 0 radical (unpaired) electrons. The van der Waals surface area contributed by atoms with Gasteiger partial charge in [-0.2, -0.15) is 4.39 Å². The summed E-state index contributed by atoms with van der Waals surface area (Å²) >= 11 is 0. The van der Waals surface area contributed by atoms with E-state index in [1.54, 1.807) is 18.2 Å². The molecule has 2 saturated carbocycles. The predicted octanol–water partition coefficient (Wildman–Crippen LogP) is 11.0. The topological polar surface area (TPSA) is 9.23 Å². The van der Waals surface area contributed by atoms with Crippen LogP contribution in [0.15, 0.2) is 79.9 Å². The molecule has 2 fully saturated rings. The van der Waals surface area contributed by atoms with Gasteiger partial charge in [0.25, 0.3) is 0 Å². The molecule has 0 aliphatic heterocycles. The van der Waals surface area contributed by atoms with E-state index in [2.05, 4.69) is 13.2 Å². The second-order valence-corrected chi connectivity index (χ2v) is 11.9. The third-order valence-electron chi connectivity index (χ3n) is 9.48. The summed E-state index contributed by atoms with van der Waals surface area (Å²) < 4.78 is 49.7. The molecule has 1 nitrogen and oxygen atoms in total. The van der Waals surface area contributed by atoms with Crippen LogP contribution in [0.5, 0.6) is 5.75 Å². The molecule has 0 bridgehead atoms. The van der Waals surface area contributed by atoms with Crippen LogP contribution >= 0.6 is 0 Å². The highest BCUT2D eigenvalue weighted by Crippen LogP contribution is 2.45. The highest BCUT2D eigenvalue weighted by molar-refractivity contribution is 5.71. The van der Waals surface area contributed by atoms with Crippen molar-refractivity contribution in [3.8, 4) is 28.0 Å². The minimum absolute atomic E-state index is 0.0960. The first-order valence-electron chi connectivity index (χ1n) is 15.2. The maximum atomic E-state index is 15.4. The second kappa shape index (κ2) is 13.6. The number of halogens is 3. The molecule has 0 spiro atoms. The Kier molecular flexibility index (Phi) is 9.69. The van der Waals surface area contributed by atoms with Crippen molar-refractivity contribution in [2.45, 2.75) is 70.1 Å². The third kappa shape index (κ3) is 6.80. The van der Waals surface area contributed by atoms with Crippen LogP contribution in [0.1, 0.15) is 75.7 Å². The van der Waals surface area contributed by atoms with Crippen molar-refractivity contribution in [1.29, 1.82) is 0 Å². The predicted molar refractivity (Wildman–Crippen MR) is 162 cm³/mol. The molecule has 0 saturated heterocycles. The molecule has 5 rings (SSSR count). The first-order chi connectivity index (χ1) is 20.0. The first kappa shape index (κ1) is 29.2. The summed E-state index contributed by atoms with van der Waals surface area (Å²) in [5, 5.41) is 0. The molecule has 216 valence electrons. The molecule has 0 unspecified atom stereocenters. The Hall–Kier alpha value is -3.27. The van der Waals surface area contributed by atoms with Gasteiger partial charge in [-0.3, -0.25) is 0 Å². The van der Waals surface area contributed by atoms with E-state index in [1.807, 2.05) is 30.3 Å². The lowest BCUT2D eigenvalue weighted by Crippen LogP contribution is -2.25. The fourth-order valence-corrected chi connectivity index (χ4v) is 7.10. The Morgan fingerprint density at radius 1 is 0.683 bits per heavy atom. The van der Waals surface area contributed by atoms with Gasteiger partial charge >= 0.3 is 0 Å². The summed E-state index contributed by atoms with van der Waals surface area (Å²) in [5.41, 5.74) is 3.13. The van der Waals surface area contributed by atoms with E-state index < -0.39 is 11.6 Å². The van der Waals surface area contributed by atoms with Crippen molar-refractivity contribution in [3.05, 3.63) is 103 Å². The van der Waals surface area contributed by atoms with Crippen molar-refractivity contribution in [1.82, 2.24) is 0 Å². The van der Waals surface area contributed by atoms with E-state index in [0.29, 0.717) is 5.56 Å². The number of benzene rings is 3. The number of allylic oxidation sites excluding steroid dienone is 1. The fraction of sp³-hybridized carbons (Fsp3) is 0.405. The molecule has 0 aromatic heterocycles. The van der Waals surface area contributed by atoms with Crippen molar-refractivity contribution in [3.63, 3.8) is 0 Å². The lowest BCUT2D eigenvalue weighted by Gasteiger charge is -2.38. The molecule has 3 aromatic rings. The number of hydrogen-bond acceptors (Lipinski definition) is 1. The van der Waals surface area contributed by atoms with Crippen LogP contribution in [-0.4, -0.2) is 6.61 Å².